The highest BCUT2D eigenvalue weighted by Crippen LogP contribution is 2.21. The van der Waals surface area contributed by atoms with Crippen LogP contribution in [0.1, 0.15) is 15.9 Å². The van der Waals surface area contributed by atoms with Crippen molar-refractivity contribution in [2.45, 2.75) is 11.3 Å². The molecule has 0 fully saturated rings. The molecule has 2 aromatic carbocycles. The lowest BCUT2D eigenvalue weighted by Crippen LogP contribution is -2.43. The Kier molecular flexibility index (Phi) is 4.06. The molecule has 1 aliphatic rings. The third-order valence-corrected chi connectivity index (χ3v) is 4.45. The second-order valence-electron chi connectivity index (χ2n) is 4.85. The van der Waals surface area contributed by atoms with Crippen LogP contribution in [0.2, 0.25) is 0 Å². The van der Waals surface area contributed by atoms with Crippen molar-refractivity contribution in [3.63, 3.8) is 0 Å². The van der Waals surface area contributed by atoms with Crippen LogP contribution in [-0.4, -0.2) is 29.0 Å². The van der Waals surface area contributed by atoms with Crippen molar-refractivity contribution in [2.24, 2.45) is 0 Å². The van der Waals surface area contributed by atoms with Gasteiger partial charge in [-0.15, -0.1) is 11.8 Å². The zero-order valence-electron chi connectivity index (χ0n) is 11.5. The standard InChI is InChI=1S/C17H15NO2S/c19-16-12-13-6-4-5-9-15(13)17(20)18(16)10-11-21-14-7-2-1-3-8-14/h1-9H,10-12H2. The summed E-state index contributed by atoms with van der Waals surface area (Å²) in [4.78, 5) is 27.0. The minimum atomic E-state index is -0.171. The Bertz CT molecular complexity index is 670. The molecular weight excluding hydrogens is 282 g/mol. The van der Waals surface area contributed by atoms with Gasteiger partial charge in [0, 0.05) is 22.8 Å². The monoisotopic (exact) mass is 297 g/mol. The lowest BCUT2D eigenvalue weighted by molar-refractivity contribution is -0.128. The first-order chi connectivity index (χ1) is 10.3. The molecule has 0 N–H and O–H groups in total. The van der Waals surface area contributed by atoms with Crippen molar-refractivity contribution in [3.8, 4) is 0 Å². The largest absolute Gasteiger partial charge is 0.277 e. The summed E-state index contributed by atoms with van der Waals surface area (Å²) in [6.45, 7) is 0.450. The predicted octanol–water partition coefficient (Wildman–Crippen LogP) is 3.00. The molecule has 2 aromatic rings. The van der Waals surface area contributed by atoms with E-state index in [0.717, 1.165) is 10.5 Å². The van der Waals surface area contributed by atoms with Crippen LogP contribution in [0.3, 0.4) is 0 Å². The van der Waals surface area contributed by atoms with Crippen LogP contribution in [0.15, 0.2) is 59.5 Å². The summed E-state index contributed by atoms with van der Waals surface area (Å²) in [5.41, 5.74) is 1.49. The molecule has 3 rings (SSSR count). The molecule has 3 nitrogen and oxygen atoms in total. The molecule has 1 heterocycles. The number of rotatable bonds is 4. The molecule has 0 aromatic heterocycles. The van der Waals surface area contributed by atoms with Crippen LogP contribution in [-0.2, 0) is 11.2 Å². The molecule has 0 spiro atoms. The van der Waals surface area contributed by atoms with E-state index in [0.29, 0.717) is 24.3 Å². The number of thioether (sulfide) groups is 1. The van der Waals surface area contributed by atoms with Crippen LogP contribution in [0.25, 0.3) is 0 Å². The Morgan fingerprint density at radius 1 is 0.952 bits per heavy atom. The van der Waals surface area contributed by atoms with Crippen LogP contribution in [0, 0.1) is 0 Å². The molecule has 1 aliphatic heterocycles. The highest BCUT2D eigenvalue weighted by Gasteiger charge is 2.29. The van der Waals surface area contributed by atoms with Gasteiger partial charge in [0.1, 0.15) is 0 Å². The zero-order valence-corrected chi connectivity index (χ0v) is 12.3. The Morgan fingerprint density at radius 3 is 2.48 bits per heavy atom. The Hall–Kier alpha value is -2.07. The van der Waals surface area contributed by atoms with Gasteiger partial charge in [-0.25, -0.2) is 0 Å². The number of carbonyl (C=O) groups excluding carboxylic acids is 2. The number of nitrogens with zero attached hydrogens (tertiary/aromatic N) is 1. The minimum absolute atomic E-state index is 0.104. The Morgan fingerprint density at radius 2 is 1.67 bits per heavy atom. The molecule has 0 atom stereocenters. The third-order valence-electron chi connectivity index (χ3n) is 3.46. The van der Waals surface area contributed by atoms with Crippen molar-refractivity contribution < 1.29 is 9.59 Å². The zero-order chi connectivity index (χ0) is 14.7. The fraction of sp³-hybridized carbons (Fsp3) is 0.176. The topological polar surface area (TPSA) is 37.4 Å². The van der Waals surface area contributed by atoms with Gasteiger partial charge in [-0.1, -0.05) is 36.4 Å². The third kappa shape index (κ3) is 3.00. The van der Waals surface area contributed by atoms with Gasteiger partial charge in [0.05, 0.1) is 6.42 Å². The first-order valence-electron chi connectivity index (χ1n) is 6.86. The smallest absolute Gasteiger partial charge is 0.260 e. The number of benzene rings is 2. The number of carbonyl (C=O) groups is 2. The molecule has 106 valence electrons. The first kappa shape index (κ1) is 13.9. The van der Waals surface area contributed by atoms with E-state index in [-0.39, 0.29) is 11.8 Å². The molecule has 0 saturated carbocycles. The maximum absolute atomic E-state index is 12.4. The van der Waals surface area contributed by atoms with Crippen molar-refractivity contribution in [3.05, 3.63) is 65.7 Å². The van der Waals surface area contributed by atoms with Crippen LogP contribution in [0.5, 0.6) is 0 Å². The maximum Gasteiger partial charge on any atom is 0.260 e. The molecule has 4 heteroatoms. The fourth-order valence-electron chi connectivity index (χ4n) is 2.40. The van der Waals surface area contributed by atoms with Gasteiger partial charge in [0.25, 0.3) is 5.91 Å². The molecule has 0 bridgehead atoms. The average molecular weight is 297 g/mol. The first-order valence-corrected chi connectivity index (χ1v) is 7.85. The SMILES string of the molecule is O=C1Cc2ccccc2C(=O)N1CCSc1ccccc1. The number of imide groups is 1. The second kappa shape index (κ2) is 6.14. The van der Waals surface area contributed by atoms with E-state index >= 15 is 0 Å². The van der Waals surface area contributed by atoms with Gasteiger partial charge in [-0.2, -0.15) is 0 Å². The van der Waals surface area contributed by atoms with Gasteiger partial charge in [-0.3, -0.25) is 14.5 Å². The lowest BCUT2D eigenvalue weighted by atomic mass is 9.99. The van der Waals surface area contributed by atoms with Gasteiger partial charge in [0.2, 0.25) is 5.91 Å². The van der Waals surface area contributed by atoms with E-state index in [1.54, 1.807) is 17.8 Å². The fourth-order valence-corrected chi connectivity index (χ4v) is 3.26. The average Bonchev–Trinajstić information content (AvgIpc) is 2.51. The normalized spacial score (nSPS) is 14.2. The van der Waals surface area contributed by atoms with Crippen molar-refractivity contribution in [1.29, 1.82) is 0 Å². The van der Waals surface area contributed by atoms with E-state index in [1.807, 2.05) is 48.5 Å². The molecule has 2 amide bonds. The van der Waals surface area contributed by atoms with Gasteiger partial charge < -0.3 is 0 Å². The van der Waals surface area contributed by atoms with E-state index in [9.17, 15) is 9.59 Å². The van der Waals surface area contributed by atoms with Gasteiger partial charge in [-0.05, 0) is 23.8 Å². The van der Waals surface area contributed by atoms with Crippen molar-refractivity contribution in [2.75, 3.05) is 12.3 Å². The second-order valence-corrected chi connectivity index (χ2v) is 6.01. The number of amides is 2. The molecule has 0 unspecified atom stereocenters. The lowest BCUT2D eigenvalue weighted by Gasteiger charge is -2.26. The van der Waals surface area contributed by atoms with E-state index in [2.05, 4.69) is 0 Å². The number of hydrogen-bond acceptors (Lipinski definition) is 3. The summed E-state index contributed by atoms with van der Waals surface area (Å²) in [7, 11) is 0. The summed E-state index contributed by atoms with van der Waals surface area (Å²) >= 11 is 1.65. The summed E-state index contributed by atoms with van der Waals surface area (Å²) in [5, 5.41) is 0. The van der Waals surface area contributed by atoms with Crippen LogP contribution >= 0.6 is 11.8 Å². The van der Waals surface area contributed by atoms with Crippen LogP contribution < -0.4 is 0 Å². The minimum Gasteiger partial charge on any atom is -0.277 e. The van der Waals surface area contributed by atoms with Crippen molar-refractivity contribution >= 4 is 23.6 Å². The number of hydrogen-bond donors (Lipinski definition) is 0. The molecule has 0 radical (unpaired) electrons. The van der Waals surface area contributed by atoms with E-state index in [1.165, 1.54) is 4.90 Å². The van der Waals surface area contributed by atoms with Gasteiger partial charge >= 0.3 is 0 Å². The summed E-state index contributed by atoms with van der Waals surface area (Å²) in [6.07, 6.45) is 0.317. The Balaban J connectivity index is 1.66. The highest BCUT2D eigenvalue weighted by atomic mass is 32.2. The quantitative estimate of drug-likeness (QED) is 0.643. The molecule has 21 heavy (non-hydrogen) atoms. The maximum atomic E-state index is 12.4. The van der Waals surface area contributed by atoms with Crippen LogP contribution in [0.4, 0.5) is 0 Å². The molecular formula is C17H15NO2S. The summed E-state index contributed by atoms with van der Waals surface area (Å²) in [6, 6.07) is 17.3. The van der Waals surface area contributed by atoms with E-state index in [4.69, 9.17) is 0 Å². The molecule has 0 saturated heterocycles. The highest BCUT2D eigenvalue weighted by molar-refractivity contribution is 7.99. The van der Waals surface area contributed by atoms with E-state index < -0.39 is 0 Å². The predicted molar refractivity (Wildman–Crippen MR) is 83.4 cm³/mol. The number of fused-ring (bicyclic) bond motifs is 1. The van der Waals surface area contributed by atoms with Crippen molar-refractivity contribution in [1.82, 2.24) is 4.90 Å². The Labute approximate surface area is 128 Å². The summed E-state index contributed by atoms with van der Waals surface area (Å²) in [5.74, 6) is 0.437. The summed E-state index contributed by atoms with van der Waals surface area (Å²) < 4.78 is 0. The van der Waals surface area contributed by atoms with Gasteiger partial charge in [0.15, 0.2) is 0 Å². The molecule has 0 aliphatic carbocycles.